The van der Waals surface area contributed by atoms with E-state index in [9.17, 15) is 14.4 Å². The van der Waals surface area contributed by atoms with Crippen molar-refractivity contribution in [3.05, 3.63) is 0 Å². The average Bonchev–Trinajstić information content (AvgIpc) is 3.37. The van der Waals surface area contributed by atoms with Gasteiger partial charge in [-0.2, -0.15) is 0 Å². The SMILES string of the molecule is CCC(C)CCCCCCCCCCCCCCCCCCCCC(=O)OC[C@@H](COC(=O)CCCCCCCCCCCCCCCCC(C)CC)OC(=O)CCCCCCCCCCCCCC(C)C. The van der Waals surface area contributed by atoms with Gasteiger partial charge in [0.2, 0.25) is 0 Å². The van der Waals surface area contributed by atoms with Crippen LogP contribution in [0.15, 0.2) is 0 Å². The Labute approximate surface area is 450 Å². The van der Waals surface area contributed by atoms with Gasteiger partial charge >= 0.3 is 17.9 Å². The van der Waals surface area contributed by atoms with E-state index in [0.717, 1.165) is 75.5 Å². The van der Waals surface area contributed by atoms with Crippen LogP contribution in [0.4, 0.5) is 0 Å². The molecule has 0 heterocycles. The summed E-state index contributed by atoms with van der Waals surface area (Å²) in [6, 6.07) is 0. The summed E-state index contributed by atoms with van der Waals surface area (Å²) in [5.41, 5.74) is 0. The van der Waals surface area contributed by atoms with Gasteiger partial charge in [0, 0.05) is 19.3 Å². The highest BCUT2D eigenvalue weighted by Crippen LogP contribution is 2.20. The van der Waals surface area contributed by atoms with Crippen molar-refractivity contribution < 1.29 is 28.6 Å². The first-order valence-corrected chi connectivity index (χ1v) is 32.7. The summed E-state index contributed by atoms with van der Waals surface area (Å²) < 4.78 is 17.0. The maximum absolute atomic E-state index is 12.9. The smallest absolute Gasteiger partial charge is 0.306 e. The van der Waals surface area contributed by atoms with Crippen LogP contribution in [0.3, 0.4) is 0 Å². The third-order valence-corrected chi connectivity index (χ3v) is 15.9. The Hall–Kier alpha value is -1.59. The summed E-state index contributed by atoms with van der Waals surface area (Å²) >= 11 is 0. The van der Waals surface area contributed by atoms with Gasteiger partial charge in [-0.05, 0) is 37.0 Å². The van der Waals surface area contributed by atoms with E-state index in [-0.39, 0.29) is 31.1 Å². The van der Waals surface area contributed by atoms with Crippen molar-refractivity contribution in [3.8, 4) is 0 Å². The fraction of sp³-hybridized carbons (Fsp3) is 0.955. The minimum Gasteiger partial charge on any atom is -0.462 e. The van der Waals surface area contributed by atoms with E-state index in [1.807, 2.05) is 0 Å². The zero-order chi connectivity index (χ0) is 52.6. The van der Waals surface area contributed by atoms with E-state index in [1.165, 1.54) is 250 Å². The molecule has 428 valence electrons. The van der Waals surface area contributed by atoms with Crippen LogP contribution in [0, 0.1) is 17.8 Å². The lowest BCUT2D eigenvalue weighted by molar-refractivity contribution is -0.167. The topological polar surface area (TPSA) is 78.9 Å². The predicted octanol–water partition coefficient (Wildman–Crippen LogP) is 21.8. The standard InChI is InChI=1S/C66H128O6/c1-7-61(5)53-47-41-35-29-23-17-13-11-9-10-12-14-19-25-31-37-43-49-55-64(67)70-58-63(72-66(69)57-51-45-39-33-27-21-22-28-34-40-46-52-60(3)4)59-71-65(68)56-50-44-38-32-26-20-16-15-18-24-30-36-42-48-54-62(6)8-2/h60-63H,7-59H2,1-6H3/t61?,62?,63-/m0/s1. The van der Waals surface area contributed by atoms with Gasteiger partial charge in [-0.25, -0.2) is 0 Å². The van der Waals surface area contributed by atoms with Crippen molar-refractivity contribution in [1.82, 2.24) is 0 Å². The van der Waals surface area contributed by atoms with E-state index in [2.05, 4.69) is 41.5 Å². The first-order valence-electron chi connectivity index (χ1n) is 32.7. The molecule has 0 aromatic rings. The second-order valence-electron chi connectivity index (χ2n) is 23.7. The second kappa shape index (κ2) is 57.1. The first-order chi connectivity index (χ1) is 35.2. The molecule has 0 aromatic heterocycles. The number of carbonyl (C=O) groups excluding carboxylic acids is 3. The Morgan fingerprint density at radius 1 is 0.278 bits per heavy atom. The van der Waals surface area contributed by atoms with Gasteiger partial charge < -0.3 is 14.2 Å². The zero-order valence-corrected chi connectivity index (χ0v) is 49.7. The molecule has 0 saturated carbocycles. The number of ether oxygens (including phenoxy) is 3. The van der Waals surface area contributed by atoms with Gasteiger partial charge in [0.15, 0.2) is 6.10 Å². The minimum absolute atomic E-state index is 0.0627. The molecule has 0 fully saturated rings. The van der Waals surface area contributed by atoms with Crippen LogP contribution >= 0.6 is 0 Å². The lowest BCUT2D eigenvalue weighted by atomic mass is 9.99. The molecule has 0 aliphatic carbocycles. The van der Waals surface area contributed by atoms with E-state index in [0.29, 0.717) is 19.3 Å². The molecule has 0 aliphatic heterocycles. The summed E-state index contributed by atoms with van der Waals surface area (Å²) in [6.45, 7) is 13.9. The summed E-state index contributed by atoms with van der Waals surface area (Å²) in [5, 5.41) is 0. The van der Waals surface area contributed by atoms with Gasteiger partial charge in [-0.1, -0.05) is 330 Å². The number of carbonyl (C=O) groups is 3. The quantitative estimate of drug-likeness (QED) is 0.0343. The summed E-state index contributed by atoms with van der Waals surface area (Å²) in [7, 11) is 0. The van der Waals surface area contributed by atoms with Crippen LogP contribution < -0.4 is 0 Å². The molecule has 0 amide bonds. The summed E-state index contributed by atoms with van der Waals surface area (Å²) in [6.07, 6.45) is 62.4. The Morgan fingerprint density at radius 2 is 0.486 bits per heavy atom. The molecule has 0 N–H and O–H groups in total. The summed E-state index contributed by atoms with van der Waals surface area (Å²) in [4.78, 5) is 38.3. The second-order valence-corrected chi connectivity index (χ2v) is 23.7. The van der Waals surface area contributed by atoms with Crippen molar-refractivity contribution in [1.29, 1.82) is 0 Å². The van der Waals surface area contributed by atoms with E-state index < -0.39 is 6.10 Å². The molecule has 0 saturated heterocycles. The van der Waals surface area contributed by atoms with E-state index in [1.54, 1.807) is 0 Å². The molecular formula is C66H128O6. The lowest BCUT2D eigenvalue weighted by Gasteiger charge is -2.18. The molecule has 3 atom stereocenters. The van der Waals surface area contributed by atoms with Gasteiger partial charge in [0.05, 0.1) is 0 Å². The first kappa shape index (κ1) is 70.4. The zero-order valence-electron chi connectivity index (χ0n) is 49.7. The number of hydrogen-bond acceptors (Lipinski definition) is 6. The molecule has 0 rings (SSSR count). The summed E-state index contributed by atoms with van der Waals surface area (Å²) in [5.74, 6) is 1.79. The highest BCUT2D eigenvalue weighted by molar-refractivity contribution is 5.71. The molecule has 2 unspecified atom stereocenters. The van der Waals surface area contributed by atoms with Crippen molar-refractivity contribution in [3.63, 3.8) is 0 Å². The van der Waals surface area contributed by atoms with Gasteiger partial charge in [-0.15, -0.1) is 0 Å². The van der Waals surface area contributed by atoms with Crippen molar-refractivity contribution in [2.75, 3.05) is 13.2 Å². The lowest BCUT2D eigenvalue weighted by Crippen LogP contribution is -2.30. The number of rotatable bonds is 59. The van der Waals surface area contributed by atoms with Gasteiger partial charge in [0.1, 0.15) is 13.2 Å². The third-order valence-electron chi connectivity index (χ3n) is 15.9. The van der Waals surface area contributed by atoms with Crippen molar-refractivity contribution in [2.24, 2.45) is 17.8 Å². The molecular weight excluding hydrogens is 889 g/mol. The average molecular weight is 1020 g/mol. The number of esters is 3. The Bertz CT molecular complexity index is 1120. The number of hydrogen-bond donors (Lipinski definition) is 0. The molecule has 0 spiro atoms. The molecule has 0 bridgehead atoms. The Kier molecular flexibility index (Phi) is 55.9. The van der Waals surface area contributed by atoms with E-state index >= 15 is 0 Å². The Morgan fingerprint density at radius 3 is 0.722 bits per heavy atom. The fourth-order valence-electron chi connectivity index (χ4n) is 10.2. The largest absolute Gasteiger partial charge is 0.462 e. The van der Waals surface area contributed by atoms with Crippen LogP contribution in [0.2, 0.25) is 0 Å². The van der Waals surface area contributed by atoms with Crippen LogP contribution in [0.5, 0.6) is 0 Å². The van der Waals surface area contributed by atoms with Crippen molar-refractivity contribution >= 4 is 17.9 Å². The number of unbranched alkanes of at least 4 members (excludes halogenated alkanes) is 40. The highest BCUT2D eigenvalue weighted by atomic mass is 16.6. The maximum atomic E-state index is 12.9. The molecule has 6 heteroatoms. The Balaban J connectivity index is 4.25. The molecule has 6 nitrogen and oxygen atoms in total. The highest BCUT2D eigenvalue weighted by Gasteiger charge is 2.20. The van der Waals surface area contributed by atoms with Gasteiger partial charge in [-0.3, -0.25) is 14.4 Å². The molecule has 0 aliphatic rings. The third kappa shape index (κ3) is 56.1. The maximum Gasteiger partial charge on any atom is 0.306 e. The molecule has 0 aromatic carbocycles. The molecule has 0 radical (unpaired) electrons. The van der Waals surface area contributed by atoms with E-state index in [4.69, 9.17) is 14.2 Å². The van der Waals surface area contributed by atoms with Gasteiger partial charge in [0.25, 0.3) is 0 Å². The van der Waals surface area contributed by atoms with Crippen molar-refractivity contribution in [2.45, 2.75) is 375 Å². The predicted molar refractivity (Wildman–Crippen MR) is 312 cm³/mol. The normalized spacial score (nSPS) is 12.9. The van der Waals surface area contributed by atoms with Crippen LogP contribution in [-0.2, 0) is 28.6 Å². The molecule has 72 heavy (non-hydrogen) atoms. The van der Waals surface area contributed by atoms with Crippen LogP contribution in [-0.4, -0.2) is 37.2 Å². The monoisotopic (exact) mass is 1020 g/mol. The van der Waals surface area contributed by atoms with Crippen LogP contribution in [0.25, 0.3) is 0 Å². The minimum atomic E-state index is -0.765. The van der Waals surface area contributed by atoms with Crippen LogP contribution in [0.1, 0.15) is 369 Å². The fourth-order valence-corrected chi connectivity index (χ4v) is 10.2.